The van der Waals surface area contributed by atoms with Crippen LogP contribution in [-0.4, -0.2) is 81.7 Å². The van der Waals surface area contributed by atoms with E-state index in [0.717, 1.165) is 144 Å². The van der Waals surface area contributed by atoms with E-state index in [1.165, 1.54) is 24.3 Å². The standard InChI is InChI=1S/C84H70N4O12S/c89-79-69-27-15-11-23-63(69)75-51-55(31-43-71(75)79)83(93)99-47-19-7-3-1-5-17-45-97-81(91)53-29-41-67-73(49-53)61-21-9-13-25-65(61)77(67)87-85-57-33-37-59(38-34-57)101(95,96)60-39-35-58(36-40-60)86-88-78-66-26-14-10-22-62(66)74-50-54(30-42-68(74)78)82(92)98-46-18-6-2-4-8-20-48-100-84(94)56-32-44-72-76(52-56)64-24-12-16-28-70(64)80(72)90/h9-16,21-44,49-52,85-86H,1-8,17-20,45-48H2/b87-77+,88-78+. The van der Waals surface area contributed by atoms with Crippen LogP contribution in [0.5, 0.6) is 0 Å². The second-order valence-electron chi connectivity index (χ2n) is 25.4. The minimum absolute atomic E-state index is 0.0309. The molecule has 0 saturated heterocycles. The van der Waals surface area contributed by atoms with Crippen molar-refractivity contribution in [1.82, 2.24) is 0 Å². The Morgan fingerprint density at radius 2 is 0.515 bits per heavy atom. The Kier molecular flexibility index (Phi) is 19.6. The number of esters is 4. The summed E-state index contributed by atoms with van der Waals surface area (Å²) < 4.78 is 50.4. The number of hydrogen-bond acceptors (Lipinski definition) is 16. The third kappa shape index (κ3) is 14.1. The number of hydrogen-bond donors (Lipinski definition) is 2. The molecule has 0 bridgehead atoms. The number of rotatable bonds is 28. The van der Waals surface area contributed by atoms with Gasteiger partial charge in [-0.2, -0.15) is 10.2 Å². The summed E-state index contributed by atoms with van der Waals surface area (Å²) in [7, 11) is -3.92. The molecule has 0 amide bonds. The number of ketones is 2. The van der Waals surface area contributed by atoms with E-state index >= 15 is 0 Å². The van der Waals surface area contributed by atoms with Gasteiger partial charge in [0.1, 0.15) is 0 Å². The molecule has 0 radical (unpaired) electrons. The van der Waals surface area contributed by atoms with Crippen molar-refractivity contribution in [3.8, 4) is 44.5 Å². The number of carbonyl (C=O) groups excluding carboxylic acids is 6. The Balaban J connectivity index is 0.505. The lowest BCUT2D eigenvalue weighted by Crippen LogP contribution is -2.08. The van der Waals surface area contributed by atoms with Crippen LogP contribution in [0.3, 0.4) is 0 Å². The van der Waals surface area contributed by atoms with Gasteiger partial charge < -0.3 is 18.9 Å². The van der Waals surface area contributed by atoms with Crippen LogP contribution >= 0.6 is 0 Å². The predicted octanol–water partition coefficient (Wildman–Crippen LogP) is 17.3. The van der Waals surface area contributed by atoms with Crippen molar-refractivity contribution >= 4 is 68.1 Å². The molecule has 0 fully saturated rings. The van der Waals surface area contributed by atoms with Gasteiger partial charge >= 0.3 is 23.9 Å². The van der Waals surface area contributed by atoms with Crippen molar-refractivity contribution in [3.63, 3.8) is 0 Å². The molecule has 0 atom stereocenters. The molecule has 4 aliphatic rings. The van der Waals surface area contributed by atoms with Crippen molar-refractivity contribution in [1.29, 1.82) is 0 Å². The normalized spacial score (nSPS) is 13.3. The summed E-state index contributed by atoms with van der Waals surface area (Å²) in [4.78, 5) is 77.9. The van der Waals surface area contributed by atoms with Crippen molar-refractivity contribution in [2.75, 3.05) is 37.3 Å². The molecular weight excluding hydrogens is 1290 g/mol. The average molecular weight is 1360 g/mol. The Labute approximate surface area is 585 Å². The molecule has 0 aromatic heterocycles. The molecule has 504 valence electrons. The predicted molar refractivity (Wildman–Crippen MR) is 388 cm³/mol. The maximum absolute atomic E-state index is 14.0. The Morgan fingerprint density at radius 3 is 0.832 bits per heavy atom. The minimum atomic E-state index is -3.92. The van der Waals surface area contributed by atoms with Gasteiger partial charge in [-0.3, -0.25) is 20.4 Å². The van der Waals surface area contributed by atoms with Crippen LogP contribution in [0, 0.1) is 0 Å². The van der Waals surface area contributed by atoms with E-state index < -0.39 is 33.7 Å². The second-order valence-corrected chi connectivity index (χ2v) is 27.3. The maximum atomic E-state index is 14.0. The topological polar surface area (TPSA) is 222 Å². The van der Waals surface area contributed by atoms with Crippen molar-refractivity contribution in [2.45, 2.75) is 86.8 Å². The zero-order chi connectivity index (χ0) is 69.4. The lowest BCUT2D eigenvalue weighted by molar-refractivity contribution is 0.0484. The molecule has 0 unspecified atom stereocenters. The second kappa shape index (κ2) is 29.8. The summed E-state index contributed by atoms with van der Waals surface area (Å²) in [6.45, 7) is 1.20. The molecule has 0 heterocycles. The molecule has 10 aromatic carbocycles. The van der Waals surface area contributed by atoms with Crippen molar-refractivity contribution in [2.24, 2.45) is 10.2 Å². The molecule has 4 aliphatic carbocycles. The van der Waals surface area contributed by atoms with Crippen LogP contribution in [0.2, 0.25) is 0 Å². The Bertz CT molecular complexity index is 4810. The van der Waals surface area contributed by atoms with Gasteiger partial charge in [0.05, 0.1) is 81.3 Å². The Morgan fingerprint density at radius 1 is 0.277 bits per heavy atom. The SMILES string of the molecule is O=C(OCCCCCCCCOC(=O)c1ccc2c(c1)-c1ccccc1/C2=N\Nc1ccc(S(=O)(=O)c2ccc(N/N=C3\c4ccccc4-c4cc(C(=O)OCCCCCCCCOC(=O)c5ccc6c(c5)-c5ccccc5C6=O)ccc43)cc2)cc1)c1ccc2c(c1)-c1ccccc1C2=O. The third-order valence-electron chi connectivity index (χ3n) is 18.8. The first kappa shape index (κ1) is 66.5. The fraction of sp³-hybridized carbons (Fsp3) is 0.190. The van der Waals surface area contributed by atoms with Gasteiger partial charge in [-0.1, -0.05) is 161 Å². The number of hydrazone groups is 2. The number of unbranched alkanes of at least 4 members (excludes halogenated alkanes) is 10. The third-order valence-corrected chi connectivity index (χ3v) is 20.6. The van der Waals surface area contributed by atoms with E-state index in [2.05, 4.69) is 10.9 Å². The summed E-state index contributed by atoms with van der Waals surface area (Å²) in [5.74, 6) is -1.69. The quantitative estimate of drug-likeness (QED) is 0.0202. The number of benzene rings is 10. The van der Waals surface area contributed by atoms with E-state index in [1.807, 2.05) is 109 Å². The van der Waals surface area contributed by atoms with Crippen LogP contribution in [0.1, 0.15) is 173 Å². The zero-order valence-corrected chi connectivity index (χ0v) is 56.1. The smallest absolute Gasteiger partial charge is 0.338 e. The fourth-order valence-electron chi connectivity index (χ4n) is 13.5. The molecule has 10 aromatic rings. The molecule has 0 spiro atoms. The highest BCUT2D eigenvalue weighted by atomic mass is 32.2. The summed E-state index contributed by atoms with van der Waals surface area (Å²) in [6, 6.07) is 64.3. The highest BCUT2D eigenvalue weighted by molar-refractivity contribution is 7.91. The first-order chi connectivity index (χ1) is 49.4. The van der Waals surface area contributed by atoms with Crippen LogP contribution < -0.4 is 10.9 Å². The zero-order valence-electron chi connectivity index (χ0n) is 55.3. The number of sulfone groups is 1. The minimum Gasteiger partial charge on any atom is -0.462 e. The van der Waals surface area contributed by atoms with Gasteiger partial charge in [0.25, 0.3) is 0 Å². The highest BCUT2D eigenvalue weighted by Gasteiger charge is 2.31. The molecule has 0 aliphatic heterocycles. The van der Waals surface area contributed by atoms with Crippen molar-refractivity contribution in [3.05, 3.63) is 285 Å². The van der Waals surface area contributed by atoms with Crippen LogP contribution in [0.4, 0.5) is 11.4 Å². The number of nitrogens with zero attached hydrogens (tertiary/aromatic N) is 2. The summed E-state index contributed by atoms with van der Waals surface area (Å²) in [5, 5.41) is 9.59. The van der Waals surface area contributed by atoms with E-state index in [0.29, 0.717) is 80.5 Å². The molecule has 14 rings (SSSR count). The lowest BCUT2D eigenvalue weighted by atomic mass is 10.0. The van der Waals surface area contributed by atoms with Crippen LogP contribution in [0.25, 0.3) is 44.5 Å². The largest absolute Gasteiger partial charge is 0.462 e. The first-order valence-corrected chi connectivity index (χ1v) is 35.7. The van der Waals surface area contributed by atoms with Crippen molar-refractivity contribution < 1.29 is 56.1 Å². The maximum Gasteiger partial charge on any atom is 0.338 e. The number of carbonyl (C=O) groups is 6. The van der Waals surface area contributed by atoms with Gasteiger partial charge in [-0.25, -0.2) is 27.6 Å². The molecule has 101 heavy (non-hydrogen) atoms. The molecule has 2 N–H and O–H groups in total. The highest BCUT2D eigenvalue weighted by Crippen LogP contribution is 2.42. The van der Waals surface area contributed by atoms with Gasteiger partial charge in [0, 0.05) is 44.5 Å². The first-order valence-electron chi connectivity index (χ1n) is 34.2. The molecule has 17 heteroatoms. The lowest BCUT2D eigenvalue weighted by Gasteiger charge is -2.09. The van der Waals surface area contributed by atoms with E-state index in [4.69, 9.17) is 29.2 Å². The van der Waals surface area contributed by atoms with Gasteiger partial charge in [-0.05, 0) is 179 Å². The number of nitrogens with one attached hydrogen (secondary N) is 2. The Hall–Kier alpha value is -11.7. The molecular formula is C84H70N4O12S. The monoisotopic (exact) mass is 1360 g/mol. The summed E-state index contributed by atoms with van der Waals surface area (Å²) in [5.41, 5.74) is 23.1. The average Bonchev–Trinajstić information content (AvgIpc) is 1.64. The molecule has 16 nitrogen and oxygen atoms in total. The number of fused-ring (bicyclic) bond motifs is 12. The van der Waals surface area contributed by atoms with Crippen LogP contribution in [-0.2, 0) is 28.8 Å². The van der Waals surface area contributed by atoms with E-state index in [1.54, 1.807) is 84.9 Å². The van der Waals surface area contributed by atoms with Gasteiger partial charge in [0.15, 0.2) is 11.6 Å². The summed E-state index contributed by atoms with van der Waals surface area (Å²) >= 11 is 0. The summed E-state index contributed by atoms with van der Waals surface area (Å²) in [6.07, 6.45) is 10.3. The van der Waals surface area contributed by atoms with Crippen LogP contribution in [0.15, 0.2) is 238 Å². The number of anilines is 2. The van der Waals surface area contributed by atoms with Gasteiger partial charge in [0.2, 0.25) is 9.84 Å². The van der Waals surface area contributed by atoms with E-state index in [9.17, 15) is 37.2 Å². The molecule has 0 saturated carbocycles. The number of ether oxygens (including phenoxy) is 4. The fourth-order valence-corrected chi connectivity index (χ4v) is 14.8. The van der Waals surface area contributed by atoms with E-state index in [-0.39, 0.29) is 34.6 Å². The van der Waals surface area contributed by atoms with Gasteiger partial charge in [-0.15, -0.1) is 0 Å².